The predicted molar refractivity (Wildman–Crippen MR) is 71.2 cm³/mol. The predicted octanol–water partition coefficient (Wildman–Crippen LogP) is 2.18. The normalized spacial score (nSPS) is 12.9. The summed E-state index contributed by atoms with van der Waals surface area (Å²) in [5, 5.41) is 7.96. The van der Waals surface area contributed by atoms with Crippen molar-refractivity contribution < 1.29 is 0 Å². The molecule has 4 heteroatoms. The van der Waals surface area contributed by atoms with Gasteiger partial charge in [0.25, 0.3) is 0 Å². The Kier molecular flexibility index (Phi) is 6.19. The van der Waals surface area contributed by atoms with E-state index in [4.69, 9.17) is 0 Å². The van der Waals surface area contributed by atoms with E-state index in [-0.39, 0.29) is 0 Å². The van der Waals surface area contributed by atoms with Crippen molar-refractivity contribution >= 4 is 0 Å². The third kappa shape index (κ3) is 4.46. The van der Waals surface area contributed by atoms with Gasteiger partial charge in [0.2, 0.25) is 0 Å². The smallest absolute Gasteiger partial charge is 0.150 e. The molecule has 0 aliphatic heterocycles. The second kappa shape index (κ2) is 7.43. The SMILES string of the molecule is CCNC(C)CCCn1nc(CC)nc1CC. The largest absolute Gasteiger partial charge is 0.315 e. The molecule has 0 saturated carbocycles. The highest BCUT2D eigenvalue weighted by atomic mass is 15.3. The van der Waals surface area contributed by atoms with E-state index in [1.165, 1.54) is 6.42 Å². The summed E-state index contributed by atoms with van der Waals surface area (Å²) in [6, 6.07) is 0.597. The Labute approximate surface area is 105 Å². The molecule has 1 atom stereocenters. The number of aryl methyl sites for hydroxylation is 3. The number of hydrogen-bond acceptors (Lipinski definition) is 3. The second-order valence-electron chi connectivity index (χ2n) is 4.48. The highest BCUT2D eigenvalue weighted by molar-refractivity contribution is 4.92. The van der Waals surface area contributed by atoms with Gasteiger partial charge < -0.3 is 5.32 Å². The molecule has 1 aromatic rings. The lowest BCUT2D eigenvalue weighted by atomic mass is 10.2. The van der Waals surface area contributed by atoms with E-state index in [1.807, 2.05) is 0 Å². The molecule has 1 aromatic heterocycles. The number of aromatic nitrogens is 3. The van der Waals surface area contributed by atoms with Crippen molar-refractivity contribution in [3.8, 4) is 0 Å². The van der Waals surface area contributed by atoms with E-state index in [9.17, 15) is 0 Å². The van der Waals surface area contributed by atoms with E-state index in [0.29, 0.717) is 6.04 Å². The maximum Gasteiger partial charge on any atom is 0.150 e. The Bertz CT molecular complexity index is 319. The summed E-state index contributed by atoms with van der Waals surface area (Å²) in [4.78, 5) is 4.52. The molecular formula is C13H26N4. The molecule has 17 heavy (non-hydrogen) atoms. The summed E-state index contributed by atoms with van der Waals surface area (Å²) in [7, 11) is 0. The molecule has 0 aliphatic carbocycles. The molecule has 0 aliphatic rings. The van der Waals surface area contributed by atoms with E-state index in [0.717, 1.165) is 44.0 Å². The Morgan fingerprint density at radius 3 is 2.59 bits per heavy atom. The molecule has 0 amide bonds. The summed E-state index contributed by atoms with van der Waals surface area (Å²) in [5.74, 6) is 2.10. The lowest BCUT2D eigenvalue weighted by molar-refractivity contribution is 0.463. The first-order valence-electron chi connectivity index (χ1n) is 6.87. The number of nitrogens with zero attached hydrogens (tertiary/aromatic N) is 3. The van der Waals surface area contributed by atoms with Gasteiger partial charge in [0.05, 0.1) is 0 Å². The van der Waals surface area contributed by atoms with Crippen LogP contribution in [0.1, 0.15) is 52.2 Å². The fourth-order valence-electron chi connectivity index (χ4n) is 2.01. The van der Waals surface area contributed by atoms with Crippen LogP contribution in [0.25, 0.3) is 0 Å². The molecular weight excluding hydrogens is 212 g/mol. The van der Waals surface area contributed by atoms with Crippen LogP contribution in [-0.2, 0) is 19.4 Å². The van der Waals surface area contributed by atoms with E-state index in [2.05, 4.69) is 47.8 Å². The van der Waals surface area contributed by atoms with Gasteiger partial charge in [-0.05, 0) is 26.3 Å². The first-order chi connectivity index (χ1) is 8.21. The molecule has 0 aromatic carbocycles. The van der Waals surface area contributed by atoms with Gasteiger partial charge in [-0.1, -0.05) is 20.8 Å². The van der Waals surface area contributed by atoms with Crippen LogP contribution in [0.3, 0.4) is 0 Å². The summed E-state index contributed by atoms with van der Waals surface area (Å²) >= 11 is 0. The monoisotopic (exact) mass is 238 g/mol. The number of nitrogens with one attached hydrogen (secondary N) is 1. The van der Waals surface area contributed by atoms with Crippen molar-refractivity contribution in [3.05, 3.63) is 11.6 Å². The van der Waals surface area contributed by atoms with Crippen LogP contribution < -0.4 is 5.32 Å². The number of rotatable bonds is 8. The summed E-state index contributed by atoms with van der Waals surface area (Å²) in [6.45, 7) is 10.7. The average Bonchev–Trinajstić information content (AvgIpc) is 2.72. The molecule has 4 nitrogen and oxygen atoms in total. The zero-order chi connectivity index (χ0) is 12.7. The van der Waals surface area contributed by atoms with Crippen molar-refractivity contribution in [2.45, 2.75) is 66.0 Å². The zero-order valence-electron chi connectivity index (χ0n) is 11.7. The summed E-state index contributed by atoms with van der Waals surface area (Å²) in [6.07, 6.45) is 4.25. The minimum atomic E-state index is 0.597. The molecule has 0 radical (unpaired) electrons. The van der Waals surface area contributed by atoms with Crippen LogP contribution in [0, 0.1) is 0 Å². The topological polar surface area (TPSA) is 42.7 Å². The average molecular weight is 238 g/mol. The lowest BCUT2D eigenvalue weighted by Crippen LogP contribution is -2.25. The van der Waals surface area contributed by atoms with Crippen LogP contribution in [-0.4, -0.2) is 27.4 Å². The number of hydrogen-bond donors (Lipinski definition) is 1. The zero-order valence-corrected chi connectivity index (χ0v) is 11.7. The summed E-state index contributed by atoms with van der Waals surface area (Å²) < 4.78 is 2.08. The lowest BCUT2D eigenvalue weighted by Gasteiger charge is -2.12. The van der Waals surface area contributed by atoms with Crippen molar-refractivity contribution in [1.82, 2.24) is 20.1 Å². The quantitative estimate of drug-likeness (QED) is 0.755. The van der Waals surface area contributed by atoms with Crippen LogP contribution >= 0.6 is 0 Å². The van der Waals surface area contributed by atoms with Crippen LogP contribution in [0.2, 0.25) is 0 Å². The van der Waals surface area contributed by atoms with Gasteiger partial charge in [-0.3, -0.25) is 0 Å². The van der Waals surface area contributed by atoms with Gasteiger partial charge in [-0.15, -0.1) is 0 Å². The molecule has 0 bridgehead atoms. The first kappa shape index (κ1) is 14.2. The fraction of sp³-hybridized carbons (Fsp3) is 0.846. The van der Waals surface area contributed by atoms with Crippen LogP contribution in [0.5, 0.6) is 0 Å². The maximum absolute atomic E-state index is 4.53. The Balaban J connectivity index is 2.42. The van der Waals surface area contributed by atoms with Gasteiger partial charge in [-0.2, -0.15) is 5.10 Å². The molecule has 98 valence electrons. The minimum Gasteiger partial charge on any atom is -0.315 e. The molecule has 1 N–H and O–H groups in total. The Morgan fingerprint density at radius 1 is 1.24 bits per heavy atom. The van der Waals surface area contributed by atoms with Gasteiger partial charge in [0, 0.05) is 25.4 Å². The van der Waals surface area contributed by atoms with E-state index >= 15 is 0 Å². The fourth-order valence-corrected chi connectivity index (χ4v) is 2.01. The standard InChI is InChI=1S/C13H26N4/c1-5-12-15-13(6-2)17(16-12)10-8-9-11(4)14-7-3/h11,14H,5-10H2,1-4H3. The van der Waals surface area contributed by atoms with Crippen molar-refractivity contribution in [1.29, 1.82) is 0 Å². The van der Waals surface area contributed by atoms with E-state index in [1.54, 1.807) is 0 Å². The van der Waals surface area contributed by atoms with Crippen molar-refractivity contribution in [2.24, 2.45) is 0 Å². The minimum absolute atomic E-state index is 0.597. The molecule has 0 fully saturated rings. The second-order valence-corrected chi connectivity index (χ2v) is 4.48. The third-order valence-electron chi connectivity index (χ3n) is 2.98. The Morgan fingerprint density at radius 2 is 2.00 bits per heavy atom. The molecule has 0 saturated heterocycles. The van der Waals surface area contributed by atoms with Crippen molar-refractivity contribution in [3.63, 3.8) is 0 Å². The van der Waals surface area contributed by atoms with Gasteiger partial charge in [-0.25, -0.2) is 9.67 Å². The maximum atomic E-state index is 4.53. The highest BCUT2D eigenvalue weighted by Crippen LogP contribution is 2.05. The molecule has 0 spiro atoms. The highest BCUT2D eigenvalue weighted by Gasteiger charge is 2.07. The molecule has 1 unspecified atom stereocenters. The van der Waals surface area contributed by atoms with Crippen LogP contribution in [0.4, 0.5) is 0 Å². The van der Waals surface area contributed by atoms with Crippen molar-refractivity contribution in [2.75, 3.05) is 6.54 Å². The van der Waals surface area contributed by atoms with Crippen LogP contribution in [0.15, 0.2) is 0 Å². The molecule has 1 rings (SSSR count). The van der Waals surface area contributed by atoms with E-state index < -0.39 is 0 Å². The Hall–Kier alpha value is -0.900. The van der Waals surface area contributed by atoms with Gasteiger partial charge >= 0.3 is 0 Å². The van der Waals surface area contributed by atoms with Gasteiger partial charge in [0.15, 0.2) is 5.82 Å². The third-order valence-corrected chi connectivity index (χ3v) is 2.98. The summed E-state index contributed by atoms with van der Waals surface area (Å²) in [5.41, 5.74) is 0. The molecule has 1 heterocycles. The van der Waals surface area contributed by atoms with Gasteiger partial charge in [0.1, 0.15) is 5.82 Å². The first-order valence-corrected chi connectivity index (χ1v) is 6.87.